The second kappa shape index (κ2) is 5.75. The molecule has 1 heterocycles. The Morgan fingerprint density at radius 1 is 1.47 bits per heavy atom. The highest BCUT2D eigenvalue weighted by molar-refractivity contribution is 7.99. The third kappa shape index (κ3) is 3.11. The lowest BCUT2D eigenvalue weighted by molar-refractivity contribution is 0.559. The van der Waals surface area contributed by atoms with Gasteiger partial charge in [0.05, 0.1) is 0 Å². The Hall–Kier alpha value is -0.220. The fraction of sp³-hybridized carbons (Fsp3) is 0.727. The molecule has 0 spiro atoms. The van der Waals surface area contributed by atoms with Gasteiger partial charge in [0.1, 0.15) is 0 Å². The van der Waals surface area contributed by atoms with Gasteiger partial charge < -0.3 is 9.55 Å². The predicted octanol–water partition coefficient (Wildman–Crippen LogP) is 3.98. The minimum atomic E-state index is 0.478. The molecular formula is C11H20N2S2. The molecular weight excluding hydrogens is 224 g/mol. The normalized spacial score (nSPS) is 13.4. The zero-order valence-corrected chi connectivity index (χ0v) is 11.5. The van der Waals surface area contributed by atoms with E-state index in [1.165, 1.54) is 11.4 Å². The van der Waals surface area contributed by atoms with E-state index in [4.69, 9.17) is 12.2 Å². The average Bonchev–Trinajstić information content (AvgIpc) is 2.56. The summed E-state index contributed by atoms with van der Waals surface area (Å²) in [6.07, 6.45) is 2.04. The van der Waals surface area contributed by atoms with E-state index < -0.39 is 0 Å². The van der Waals surface area contributed by atoms with E-state index in [1.807, 2.05) is 18.0 Å². The third-order valence-corrected chi connectivity index (χ3v) is 3.88. The first kappa shape index (κ1) is 12.8. The Morgan fingerprint density at radius 3 is 2.67 bits per heavy atom. The average molecular weight is 244 g/mol. The van der Waals surface area contributed by atoms with Crippen LogP contribution in [0.25, 0.3) is 0 Å². The van der Waals surface area contributed by atoms with Crippen LogP contribution in [0, 0.1) is 4.77 Å². The molecule has 0 aliphatic rings. The van der Waals surface area contributed by atoms with Crippen molar-refractivity contribution in [1.29, 1.82) is 0 Å². The quantitative estimate of drug-likeness (QED) is 0.791. The van der Waals surface area contributed by atoms with Crippen molar-refractivity contribution in [3.05, 3.63) is 16.7 Å². The number of imidazole rings is 1. The molecule has 0 saturated heterocycles. The van der Waals surface area contributed by atoms with Gasteiger partial charge in [-0.25, -0.2) is 0 Å². The molecule has 1 rings (SSSR count). The van der Waals surface area contributed by atoms with E-state index >= 15 is 0 Å². The Bertz CT molecular complexity index is 352. The van der Waals surface area contributed by atoms with E-state index in [0.717, 1.165) is 10.5 Å². The summed E-state index contributed by atoms with van der Waals surface area (Å²) >= 11 is 7.28. The summed E-state index contributed by atoms with van der Waals surface area (Å²) in [5.74, 6) is 2.81. The molecule has 1 aromatic heterocycles. The fourth-order valence-electron chi connectivity index (χ4n) is 1.65. The lowest BCUT2D eigenvalue weighted by Gasteiger charge is -2.17. The van der Waals surface area contributed by atoms with Crippen molar-refractivity contribution < 1.29 is 0 Å². The van der Waals surface area contributed by atoms with Gasteiger partial charge in [0, 0.05) is 23.7 Å². The van der Waals surface area contributed by atoms with Crippen LogP contribution >= 0.6 is 24.0 Å². The van der Waals surface area contributed by atoms with Gasteiger partial charge in [-0.05, 0) is 30.8 Å². The summed E-state index contributed by atoms with van der Waals surface area (Å²) in [5.41, 5.74) is 1.31. The number of hydrogen-bond acceptors (Lipinski definition) is 2. The van der Waals surface area contributed by atoms with Gasteiger partial charge in [-0.2, -0.15) is 11.8 Å². The van der Waals surface area contributed by atoms with Crippen molar-refractivity contribution in [2.75, 3.05) is 11.5 Å². The Morgan fingerprint density at radius 2 is 2.13 bits per heavy atom. The minimum absolute atomic E-state index is 0.478. The first-order valence-corrected chi connectivity index (χ1v) is 7.01. The second-order valence-corrected chi connectivity index (χ2v) is 5.76. The number of nitrogens with one attached hydrogen (secondary N) is 1. The van der Waals surface area contributed by atoms with Crippen molar-refractivity contribution in [3.63, 3.8) is 0 Å². The van der Waals surface area contributed by atoms with E-state index in [-0.39, 0.29) is 0 Å². The van der Waals surface area contributed by atoms with Crippen molar-refractivity contribution in [3.8, 4) is 0 Å². The number of nitrogens with zero attached hydrogens (tertiary/aromatic N) is 1. The number of aromatic amines is 1. The topological polar surface area (TPSA) is 20.7 Å². The zero-order chi connectivity index (χ0) is 11.4. The Kier molecular flexibility index (Phi) is 4.93. The van der Waals surface area contributed by atoms with Crippen LogP contribution in [0.4, 0.5) is 0 Å². The van der Waals surface area contributed by atoms with Gasteiger partial charge in [-0.15, -0.1) is 0 Å². The van der Waals surface area contributed by atoms with Gasteiger partial charge in [0.2, 0.25) is 0 Å². The molecule has 1 atom stereocenters. The van der Waals surface area contributed by atoms with Gasteiger partial charge in [0.15, 0.2) is 4.77 Å². The largest absolute Gasteiger partial charge is 0.337 e. The molecule has 0 saturated carbocycles. The highest BCUT2D eigenvalue weighted by atomic mass is 32.2. The molecule has 1 N–H and O–H groups in total. The second-order valence-electron chi connectivity index (χ2n) is 4.05. The molecule has 0 bridgehead atoms. The molecule has 0 aliphatic heterocycles. The number of hydrogen-bond donors (Lipinski definition) is 1. The summed E-state index contributed by atoms with van der Waals surface area (Å²) < 4.78 is 3.10. The lowest BCUT2D eigenvalue weighted by atomic mass is 10.1. The first-order chi connectivity index (χ1) is 7.07. The van der Waals surface area contributed by atoms with Gasteiger partial charge in [-0.3, -0.25) is 0 Å². The monoisotopic (exact) mass is 244 g/mol. The molecule has 1 aromatic rings. The van der Waals surface area contributed by atoms with Gasteiger partial charge in [-0.1, -0.05) is 20.8 Å². The zero-order valence-electron chi connectivity index (χ0n) is 9.91. The highest BCUT2D eigenvalue weighted by Gasteiger charge is 2.13. The van der Waals surface area contributed by atoms with Crippen molar-refractivity contribution >= 4 is 24.0 Å². The Labute approximate surface area is 101 Å². The summed E-state index contributed by atoms with van der Waals surface area (Å²) in [4.78, 5) is 3.14. The van der Waals surface area contributed by atoms with Crippen molar-refractivity contribution in [2.24, 2.45) is 0 Å². The smallest absolute Gasteiger partial charge is 0.177 e. The van der Waals surface area contributed by atoms with E-state index in [1.54, 1.807) is 0 Å². The van der Waals surface area contributed by atoms with E-state index in [9.17, 15) is 0 Å². The van der Waals surface area contributed by atoms with Crippen molar-refractivity contribution in [1.82, 2.24) is 9.55 Å². The first-order valence-electron chi connectivity index (χ1n) is 5.45. The number of rotatable bonds is 5. The molecule has 0 aliphatic carbocycles. The maximum Gasteiger partial charge on any atom is 0.177 e. The molecule has 0 amide bonds. The van der Waals surface area contributed by atoms with E-state index in [0.29, 0.717) is 12.0 Å². The lowest BCUT2D eigenvalue weighted by Crippen LogP contribution is -2.12. The highest BCUT2D eigenvalue weighted by Crippen LogP contribution is 2.21. The van der Waals surface area contributed by atoms with Crippen LogP contribution in [0.1, 0.15) is 45.3 Å². The summed E-state index contributed by atoms with van der Waals surface area (Å²) in [5, 5.41) is 0. The van der Waals surface area contributed by atoms with Crippen molar-refractivity contribution in [2.45, 2.75) is 39.7 Å². The molecule has 4 heteroatoms. The number of H-pyrrole nitrogens is 1. The van der Waals surface area contributed by atoms with Crippen LogP contribution in [0.3, 0.4) is 0 Å². The van der Waals surface area contributed by atoms with Crippen LogP contribution in [0.15, 0.2) is 6.20 Å². The van der Waals surface area contributed by atoms with Crippen LogP contribution < -0.4 is 0 Å². The van der Waals surface area contributed by atoms with Crippen LogP contribution in [-0.2, 0) is 0 Å². The molecule has 86 valence electrons. The summed E-state index contributed by atoms with van der Waals surface area (Å²) in [6, 6.07) is 0.478. The predicted molar refractivity (Wildman–Crippen MR) is 71.4 cm³/mol. The third-order valence-electron chi connectivity index (χ3n) is 2.44. The summed E-state index contributed by atoms with van der Waals surface area (Å²) in [7, 11) is 0. The number of thioether (sulfide) groups is 1. The SMILES string of the molecule is CCSCC(C)n1c(C(C)C)c[nH]c1=S. The van der Waals surface area contributed by atoms with Gasteiger partial charge >= 0.3 is 0 Å². The Balaban J connectivity index is 2.91. The van der Waals surface area contributed by atoms with Gasteiger partial charge in [0.25, 0.3) is 0 Å². The minimum Gasteiger partial charge on any atom is -0.337 e. The standard InChI is InChI=1S/C11H20N2S2/c1-5-15-7-9(4)13-10(8(2)3)6-12-11(13)14/h6,8-9H,5,7H2,1-4H3,(H,12,14). The van der Waals surface area contributed by atoms with Crippen LogP contribution in [-0.4, -0.2) is 21.1 Å². The maximum absolute atomic E-state index is 5.32. The number of aromatic nitrogens is 2. The molecule has 1 unspecified atom stereocenters. The van der Waals surface area contributed by atoms with E-state index in [2.05, 4.69) is 37.2 Å². The van der Waals surface area contributed by atoms with Crippen LogP contribution in [0.5, 0.6) is 0 Å². The van der Waals surface area contributed by atoms with Crippen LogP contribution in [0.2, 0.25) is 0 Å². The molecule has 0 aromatic carbocycles. The molecule has 15 heavy (non-hydrogen) atoms. The molecule has 0 fully saturated rings. The molecule has 2 nitrogen and oxygen atoms in total. The maximum atomic E-state index is 5.32. The summed E-state index contributed by atoms with van der Waals surface area (Å²) in [6.45, 7) is 8.83. The molecule has 0 radical (unpaired) electrons. The fourth-order valence-corrected chi connectivity index (χ4v) is 2.72.